The van der Waals surface area contributed by atoms with Gasteiger partial charge in [-0.15, -0.1) is 0 Å². The molecule has 1 saturated heterocycles. The van der Waals surface area contributed by atoms with Crippen LogP contribution in [0, 0.1) is 6.92 Å². The molecular weight excluding hydrogens is 290 g/mol. The predicted octanol–water partition coefficient (Wildman–Crippen LogP) is 1.86. The van der Waals surface area contributed by atoms with E-state index in [2.05, 4.69) is 15.0 Å². The van der Waals surface area contributed by atoms with E-state index in [1.165, 1.54) is 0 Å². The van der Waals surface area contributed by atoms with E-state index in [1.54, 1.807) is 10.9 Å². The van der Waals surface area contributed by atoms with Crippen LogP contribution in [0.25, 0.3) is 0 Å². The summed E-state index contributed by atoms with van der Waals surface area (Å²) < 4.78 is 1.69. The molecule has 1 atom stereocenters. The number of piperidine rings is 1. The fourth-order valence-electron chi connectivity index (χ4n) is 3.19. The van der Waals surface area contributed by atoms with Crippen molar-refractivity contribution in [2.45, 2.75) is 25.8 Å². The Bertz CT molecular complexity index is 682. The van der Waals surface area contributed by atoms with Crippen LogP contribution >= 0.6 is 0 Å². The van der Waals surface area contributed by atoms with Crippen LogP contribution in [-0.2, 0) is 7.05 Å². The average molecular weight is 313 g/mol. The minimum atomic E-state index is 0.0449. The van der Waals surface area contributed by atoms with Crippen molar-refractivity contribution < 1.29 is 4.79 Å². The van der Waals surface area contributed by atoms with Gasteiger partial charge in [0.05, 0.1) is 11.3 Å². The van der Waals surface area contributed by atoms with Crippen molar-refractivity contribution in [2.24, 2.45) is 7.05 Å². The Morgan fingerprint density at radius 1 is 1.39 bits per heavy atom. The van der Waals surface area contributed by atoms with Crippen LogP contribution in [-0.4, -0.2) is 51.8 Å². The summed E-state index contributed by atoms with van der Waals surface area (Å²) in [5, 5.41) is 4.27. The minimum Gasteiger partial charge on any atom is -0.355 e. The smallest absolute Gasteiger partial charge is 0.257 e. The maximum atomic E-state index is 12.8. The second-order valence-corrected chi connectivity index (χ2v) is 6.15. The zero-order chi connectivity index (χ0) is 16.4. The van der Waals surface area contributed by atoms with Crippen molar-refractivity contribution in [3.8, 4) is 0 Å². The largest absolute Gasteiger partial charge is 0.355 e. The molecule has 3 heterocycles. The number of anilines is 1. The second-order valence-electron chi connectivity index (χ2n) is 6.15. The van der Waals surface area contributed by atoms with E-state index in [9.17, 15) is 4.79 Å². The van der Waals surface area contributed by atoms with Gasteiger partial charge < -0.3 is 9.80 Å². The number of carbonyl (C=O) groups is 1. The molecule has 6 heteroatoms. The third-order valence-electron chi connectivity index (χ3n) is 4.48. The molecule has 1 aliphatic heterocycles. The third kappa shape index (κ3) is 3.21. The van der Waals surface area contributed by atoms with Crippen molar-refractivity contribution in [3.05, 3.63) is 41.9 Å². The highest BCUT2D eigenvalue weighted by atomic mass is 16.2. The number of likely N-dealkylation sites (N-methyl/N-ethyl adjacent to an activating group) is 1. The third-order valence-corrected chi connectivity index (χ3v) is 4.48. The molecule has 0 radical (unpaired) electrons. The van der Waals surface area contributed by atoms with Gasteiger partial charge in [-0.2, -0.15) is 5.10 Å². The van der Waals surface area contributed by atoms with E-state index in [0.717, 1.165) is 37.4 Å². The van der Waals surface area contributed by atoms with Crippen LogP contribution in [0.2, 0.25) is 0 Å². The summed E-state index contributed by atoms with van der Waals surface area (Å²) in [6.45, 7) is 3.68. The highest BCUT2D eigenvalue weighted by Crippen LogP contribution is 2.21. The number of nitrogens with zero attached hydrogens (tertiary/aromatic N) is 5. The summed E-state index contributed by atoms with van der Waals surface area (Å²) in [4.78, 5) is 21.3. The topological polar surface area (TPSA) is 54.3 Å². The normalized spacial score (nSPS) is 18.0. The second kappa shape index (κ2) is 6.40. The van der Waals surface area contributed by atoms with E-state index in [4.69, 9.17) is 0 Å². The molecule has 3 rings (SSSR count). The van der Waals surface area contributed by atoms with Gasteiger partial charge in [0.25, 0.3) is 5.91 Å². The van der Waals surface area contributed by atoms with Crippen LogP contribution in [0.3, 0.4) is 0 Å². The van der Waals surface area contributed by atoms with E-state index in [0.29, 0.717) is 5.56 Å². The molecule has 0 saturated carbocycles. The monoisotopic (exact) mass is 313 g/mol. The van der Waals surface area contributed by atoms with Gasteiger partial charge in [-0.3, -0.25) is 9.48 Å². The van der Waals surface area contributed by atoms with Crippen molar-refractivity contribution in [1.29, 1.82) is 0 Å². The van der Waals surface area contributed by atoms with Gasteiger partial charge in [-0.05, 0) is 31.9 Å². The van der Waals surface area contributed by atoms with Gasteiger partial charge >= 0.3 is 0 Å². The first kappa shape index (κ1) is 15.5. The Labute approximate surface area is 136 Å². The molecule has 6 nitrogen and oxygen atoms in total. The number of aryl methyl sites for hydroxylation is 2. The standard InChI is InChI=1S/C17H23N5O/c1-13-15(12-20(2)19-13)17(23)21(3)14-7-6-10-22(11-14)16-8-4-5-9-18-16/h4-5,8-9,12,14H,6-7,10-11H2,1-3H3. The first-order valence-corrected chi connectivity index (χ1v) is 7.99. The molecule has 1 fully saturated rings. The van der Waals surface area contributed by atoms with Gasteiger partial charge in [-0.25, -0.2) is 4.98 Å². The van der Waals surface area contributed by atoms with Crippen molar-refractivity contribution in [3.63, 3.8) is 0 Å². The van der Waals surface area contributed by atoms with Crippen molar-refractivity contribution in [2.75, 3.05) is 25.0 Å². The molecule has 2 aromatic rings. The molecule has 1 unspecified atom stereocenters. The Morgan fingerprint density at radius 2 is 2.22 bits per heavy atom. The number of hydrogen-bond donors (Lipinski definition) is 0. The highest BCUT2D eigenvalue weighted by molar-refractivity contribution is 5.95. The molecule has 0 spiro atoms. The maximum Gasteiger partial charge on any atom is 0.257 e. The molecule has 1 amide bonds. The molecule has 0 aliphatic carbocycles. The Balaban J connectivity index is 1.73. The molecule has 0 aromatic carbocycles. The number of pyridine rings is 1. The number of hydrogen-bond acceptors (Lipinski definition) is 4. The fraction of sp³-hybridized carbons (Fsp3) is 0.471. The number of aromatic nitrogens is 3. The number of amides is 1. The predicted molar refractivity (Wildman–Crippen MR) is 89.5 cm³/mol. The van der Waals surface area contributed by atoms with Gasteiger partial charge in [-0.1, -0.05) is 6.07 Å². The summed E-state index contributed by atoms with van der Waals surface area (Å²) in [6.07, 6.45) is 5.69. The van der Waals surface area contributed by atoms with Crippen molar-refractivity contribution in [1.82, 2.24) is 19.7 Å². The molecule has 0 N–H and O–H groups in total. The Kier molecular flexibility index (Phi) is 4.32. The molecular formula is C17H23N5O. The summed E-state index contributed by atoms with van der Waals surface area (Å²) in [7, 11) is 3.73. The molecule has 0 bridgehead atoms. The number of rotatable bonds is 3. The summed E-state index contributed by atoms with van der Waals surface area (Å²) in [6, 6.07) is 6.14. The first-order valence-electron chi connectivity index (χ1n) is 7.99. The summed E-state index contributed by atoms with van der Waals surface area (Å²) in [5.74, 6) is 1.03. The lowest BCUT2D eigenvalue weighted by atomic mass is 10.0. The first-order chi connectivity index (χ1) is 11.1. The van der Waals surface area contributed by atoms with Gasteiger partial charge in [0, 0.05) is 45.6 Å². The van der Waals surface area contributed by atoms with Gasteiger partial charge in [0.1, 0.15) is 5.82 Å². The van der Waals surface area contributed by atoms with Gasteiger partial charge in [0.2, 0.25) is 0 Å². The van der Waals surface area contributed by atoms with Crippen LogP contribution in [0.15, 0.2) is 30.6 Å². The van der Waals surface area contributed by atoms with E-state index in [1.807, 2.05) is 50.3 Å². The molecule has 1 aliphatic rings. The molecule has 122 valence electrons. The van der Waals surface area contributed by atoms with E-state index < -0.39 is 0 Å². The van der Waals surface area contributed by atoms with E-state index in [-0.39, 0.29) is 11.9 Å². The minimum absolute atomic E-state index is 0.0449. The van der Waals surface area contributed by atoms with E-state index >= 15 is 0 Å². The van der Waals surface area contributed by atoms with Crippen LogP contribution < -0.4 is 4.90 Å². The Hall–Kier alpha value is -2.37. The molecule has 23 heavy (non-hydrogen) atoms. The maximum absolute atomic E-state index is 12.8. The average Bonchev–Trinajstić information content (AvgIpc) is 2.93. The van der Waals surface area contributed by atoms with Crippen molar-refractivity contribution >= 4 is 11.7 Å². The zero-order valence-electron chi connectivity index (χ0n) is 13.9. The highest BCUT2D eigenvalue weighted by Gasteiger charge is 2.28. The fourth-order valence-corrected chi connectivity index (χ4v) is 3.19. The van der Waals surface area contributed by atoms with Crippen LogP contribution in [0.4, 0.5) is 5.82 Å². The SMILES string of the molecule is Cc1nn(C)cc1C(=O)N(C)C1CCCN(c2ccccn2)C1. The lowest BCUT2D eigenvalue weighted by Crippen LogP contribution is -2.49. The lowest BCUT2D eigenvalue weighted by Gasteiger charge is -2.38. The number of carbonyl (C=O) groups excluding carboxylic acids is 1. The van der Waals surface area contributed by atoms with Gasteiger partial charge in [0.15, 0.2) is 0 Å². The van der Waals surface area contributed by atoms with Crippen LogP contribution in [0.5, 0.6) is 0 Å². The lowest BCUT2D eigenvalue weighted by molar-refractivity contribution is 0.0716. The Morgan fingerprint density at radius 3 is 2.87 bits per heavy atom. The molecule has 2 aromatic heterocycles. The summed E-state index contributed by atoms with van der Waals surface area (Å²) in [5.41, 5.74) is 1.46. The quantitative estimate of drug-likeness (QED) is 0.868. The summed E-state index contributed by atoms with van der Waals surface area (Å²) >= 11 is 0. The zero-order valence-corrected chi connectivity index (χ0v) is 13.9. The van der Waals surface area contributed by atoms with Crippen LogP contribution in [0.1, 0.15) is 28.9 Å².